The van der Waals surface area contributed by atoms with Crippen LogP contribution in [0.1, 0.15) is 18.4 Å². The fraction of sp³-hybridized carbons (Fsp3) is 0.292. The molecule has 3 aromatic rings. The largest absolute Gasteiger partial charge is 0.469 e. The first-order valence-electron chi connectivity index (χ1n) is 11.5. The van der Waals surface area contributed by atoms with E-state index in [-0.39, 0.29) is 44.0 Å². The van der Waals surface area contributed by atoms with Gasteiger partial charge in [0.2, 0.25) is 0 Å². The highest BCUT2D eigenvalue weighted by atomic mass is 31.2. The van der Waals surface area contributed by atoms with Crippen molar-refractivity contribution in [3.63, 3.8) is 0 Å². The highest BCUT2D eigenvalue weighted by Gasteiger charge is 2.23. The maximum Gasteiger partial charge on any atom is 0.469 e. The summed E-state index contributed by atoms with van der Waals surface area (Å²) in [5, 5.41) is 6.71. The van der Waals surface area contributed by atoms with Gasteiger partial charge in [-0.25, -0.2) is 27.9 Å². The van der Waals surface area contributed by atoms with Crippen LogP contribution in [0.5, 0.6) is 0 Å². The van der Waals surface area contributed by atoms with Gasteiger partial charge in [-0.3, -0.25) is 9.84 Å². The molecule has 0 radical (unpaired) electrons. The Bertz CT molecular complexity index is 1320. The van der Waals surface area contributed by atoms with Gasteiger partial charge >= 0.3 is 19.9 Å². The first-order chi connectivity index (χ1) is 18.0. The Morgan fingerprint density at radius 1 is 1.13 bits per heavy atom. The number of carbonyl (C=O) groups excluding carboxylic acids is 2. The van der Waals surface area contributed by atoms with Crippen LogP contribution in [0.2, 0.25) is 0 Å². The van der Waals surface area contributed by atoms with E-state index in [9.17, 15) is 22.9 Å². The highest BCUT2D eigenvalue weighted by molar-refractivity contribution is 7.46. The number of halogens is 2. The van der Waals surface area contributed by atoms with Crippen molar-refractivity contribution in [2.24, 2.45) is 0 Å². The van der Waals surface area contributed by atoms with Crippen LogP contribution in [0, 0.1) is 11.6 Å². The number of anilines is 1. The number of amides is 3. The van der Waals surface area contributed by atoms with E-state index in [1.165, 1.54) is 24.1 Å². The smallest absolute Gasteiger partial charge is 0.447 e. The summed E-state index contributed by atoms with van der Waals surface area (Å²) in [6, 6.07) is 11.3. The summed E-state index contributed by atoms with van der Waals surface area (Å²) in [6.07, 6.45) is 1.01. The SMILES string of the molecule is CN(C(=O)NCc1cccc(F)c1F)[C@@H](CCCOP(=O)(O)O)COC(=O)Nc1cc2ccccc2cn1. The number of urea groups is 1. The molecule has 0 fully saturated rings. The van der Waals surface area contributed by atoms with E-state index in [4.69, 9.17) is 14.5 Å². The van der Waals surface area contributed by atoms with Crippen LogP contribution in [-0.4, -0.2) is 58.1 Å². The Morgan fingerprint density at radius 2 is 1.87 bits per heavy atom. The van der Waals surface area contributed by atoms with Crippen LogP contribution >= 0.6 is 7.82 Å². The number of aromatic nitrogens is 1. The van der Waals surface area contributed by atoms with Crippen LogP contribution in [0.25, 0.3) is 10.8 Å². The second kappa shape index (κ2) is 13.2. The van der Waals surface area contributed by atoms with Crippen molar-refractivity contribution < 1.29 is 42.0 Å². The molecular formula is C24H27F2N4O7P. The molecular weight excluding hydrogens is 525 g/mol. The number of rotatable bonds is 11. The summed E-state index contributed by atoms with van der Waals surface area (Å²) < 4.78 is 48.0. The van der Waals surface area contributed by atoms with Crippen LogP contribution in [0.4, 0.5) is 24.2 Å². The summed E-state index contributed by atoms with van der Waals surface area (Å²) in [7, 11) is -3.27. The number of phosphoric acid groups is 1. The number of carbonyl (C=O) groups is 2. The van der Waals surface area contributed by atoms with E-state index >= 15 is 0 Å². The lowest BCUT2D eigenvalue weighted by atomic mass is 10.1. The molecule has 3 rings (SSSR count). The molecule has 1 heterocycles. The summed E-state index contributed by atoms with van der Waals surface area (Å²) in [4.78, 5) is 48.1. The molecule has 0 aliphatic heterocycles. The van der Waals surface area contributed by atoms with Crippen LogP contribution in [-0.2, 0) is 20.4 Å². The molecule has 0 aliphatic rings. The molecule has 0 saturated carbocycles. The van der Waals surface area contributed by atoms with E-state index in [0.29, 0.717) is 0 Å². The van der Waals surface area contributed by atoms with Crippen molar-refractivity contribution in [1.82, 2.24) is 15.2 Å². The van der Waals surface area contributed by atoms with E-state index in [0.717, 1.165) is 16.8 Å². The van der Waals surface area contributed by atoms with Gasteiger partial charge in [0.05, 0.1) is 12.6 Å². The molecule has 3 amide bonds. The summed E-state index contributed by atoms with van der Waals surface area (Å²) >= 11 is 0. The number of benzene rings is 2. The number of ether oxygens (including phenoxy) is 1. The Labute approximate surface area is 217 Å². The zero-order chi connectivity index (χ0) is 27.7. The van der Waals surface area contributed by atoms with E-state index in [1.807, 2.05) is 24.3 Å². The number of nitrogens with one attached hydrogen (secondary N) is 2. The molecule has 14 heteroatoms. The van der Waals surface area contributed by atoms with Crippen LogP contribution in [0.15, 0.2) is 54.7 Å². The number of nitrogens with zero attached hydrogens (tertiary/aromatic N) is 2. The number of hydrogen-bond acceptors (Lipinski definition) is 6. The second-order valence-electron chi connectivity index (χ2n) is 8.24. The zero-order valence-corrected chi connectivity index (χ0v) is 21.2. The lowest BCUT2D eigenvalue weighted by molar-refractivity contribution is 0.109. The van der Waals surface area contributed by atoms with Gasteiger partial charge in [0.1, 0.15) is 12.4 Å². The topological polar surface area (TPSA) is 150 Å². The summed E-state index contributed by atoms with van der Waals surface area (Å²) in [5.74, 6) is -1.87. The fourth-order valence-electron chi connectivity index (χ4n) is 3.50. The quantitative estimate of drug-likeness (QED) is 0.205. The van der Waals surface area contributed by atoms with Gasteiger partial charge in [-0.1, -0.05) is 36.4 Å². The molecule has 204 valence electrons. The maximum absolute atomic E-state index is 13.9. The van der Waals surface area contributed by atoms with Gasteiger partial charge in [0, 0.05) is 30.7 Å². The van der Waals surface area contributed by atoms with Crippen molar-refractivity contribution in [1.29, 1.82) is 0 Å². The Kier molecular flexibility index (Phi) is 10.1. The van der Waals surface area contributed by atoms with Gasteiger partial charge in [-0.15, -0.1) is 0 Å². The minimum absolute atomic E-state index is 0.0585. The molecule has 38 heavy (non-hydrogen) atoms. The second-order valence-corrected chi connectivity index (χ2v) is 9.48. The average molecular weight is 552 g/mol. The van der Waals surface area contributed by atoms with Crippen molar-refractivity contribution in [3.8, 4) is 0 Å². The van der Waals surface area contributed by atoms with Crippen molar-refractivity contribution in [3.05, 3.63) is 71.9 Å². The zero-order valence-electron chi connectivity index (χ0n) is 20.3. The molecule has 0 saturated heterocycles. The molecule has 0 unspecified atom stereocenters. The Hall–Kier alpha value is -3.64. The third-order valence-electron chi connectivity index (χ3n) is 5.54. The first-order valence-corrected chi connectivity index (χ1v) is 13.0. The van der Waals surface area contributed by atoms with Crippen molar-refractivity contribution >= 4 is 36.5 Å². The molecule has 4 N–H and O–H groups in total. The number of fused-ring (bicyclic) bond motifs is 1. The van der Waals surface area contributed by atoms with E-state index in [1.54, 1.807) is 12.3 Å². The van der Waals surface area contributed by atoms with Gasteiger partial charge in [-0.05, 0) is 30.4 Å². The van der Waals surface area contributed by atoms with Gasteiger partial charge in [-0.2, -0.15) is 0 Å². The highest BCUT2D eigenvalue weighted by Crippen LogP contribution is 2.35. The Morgan fingerprint density at radius 3 is 2.61 bits per heavy atom. The summed E-state index contributed by atoms with van der Waals surface area (Å²) in [5.41, 5.74) is -0.0585. The predicted octanol–water partition coefficient (Wildman–Crippen LogP) is 4.16. The minimum Gasteiger partial charge on any atom is -0.447 e. The van der Waals surface area contributed by atoms with Gasteiger partial charge in [0.25, 0.3) is 0 Å². The van der Waals surface area contributed by atoms with E-state index in [2.05, 4.69) is 20.1 Å². The number of phosphoric ester groups is 1. The van der Waals surface area contributed by atoms with Crippen LogP contribution in [0.3, 0.4) is 0 Å². The van der Waals surface area contributed by atoms with Gasteiger partial charge < -0.3 is 24.7 Å². The Balaban J connectivity index is 1.60. The average Bonchev–Trinajstić information content (AvgIpc) is 2.87. The first kappa shape index (κ1) is 28.9. The van der Waals surface area contributed by atoms with Crippen molar-refractivity contribution in [2.75, 3.05) is 25.6 Å². The monoisotopic (exact) mass is 552 g/mol. The number of hydrogen-bond donors (Lipinski definition) is 4. The summed E-state index contributed by atoms with van der Waals surface area (Å²) in [6.45, 7) is -0.888. The molecule has 0 aliphatic carbocycles. The number of likely N-dealkylation sites (N-methyl/N-ethyl adjacent to an activating group) is 1. The fourth-order valence-corrected chi connectivity index (χ4v) is 3.87. The number of pyridine rings is 1. The third-order valence-corrected chi connectivity index (χ3v) is 6.06. The maximum atomic E-state index is 13.9. The normalized spacial score (nSPS) is 12.1. The molecule has 0 bridgehead atoms. The van der Waals surface area contributed by atoms with Gasteiger partial charge in [0.15, 0.2) is 11.6 Å². The molecule has 2 aromatic carbocycles. The van der Waals surface area contributed by atoms with Crippen LogP contribution < -0.4 is 10.6 Å². The molecule has 1 atom stereocenters. The lowest BCUT2D eigenvalue weighted by Crippen LogP contribution is -2.46. The van der Waals surface area contributed by atoms with Crippen molar-refractivity contribution in [2.45, 2.75) is 25.4 Å². The molecule has 11 nitrogen and oxygen atoms in total. The predicted molar refractivity (Wildman–Crippen MR) is 134 cm³/mol. The standard InChI is InChI=1S/C24H27F2N4O7P/c1-30(23(31)28-14-18-8-4-10-20(25)22(18)26)19(9-5-11-37-38(33,34)35)15-36-24(32)29-21-12-16-6-2-3-7-17(16)13-27-21/h2-4,6-8,10,12-13,19H,5,9,11,14-15H2,1H3,(H,28,31)(H,27,29,32)(H2,33,34,35)/t19-/m0/s1. The molecule has 1 aromatic heterocycles. The third kappa shape index (κ3) is 8.73. The minimum atomic E-state index is -4.67. The van der Waals surface area contributed by atoms with E-state index < -0.39 is 37.6 Å². The molecule has 0 spiro atoms. The lowest BCUT2D eigenvalue weighted by Gasteiger charge is -2.28.